The third-order valence-electron chi connectivity index (χ3n) is 1.27. The second-order valence-corrected chi connectivity index (χ2v) is 3.42. The van der Waals surface area contributed by atoms with E-state index >= 15 is 0 Å². The maximum Gasteiger partial charge on any atom is 0.128 e. The van der Waals surface area contributed by atoms with Crippen molar-refractivity contribution in [1.29, 1.82) is 0 Å². The van der Waals surface area contributed by atoms with Crippen molar-refractivity contribution in [3.63, 3.8) is 0 Å². The summed E-state index contributed by atoms with van der Waals surface area (Å²) in [6.07, 6.45) is 0. The zero-order chi connectivity index (χ0) is 8.43. The molecular weight excluding hydrogens is 254 g/mol. The van der Waals surface area contributed by atoms with Crippen molar-refractivity contribution in [2.75, 3.05) is 0 Å². The molecular formula is C7H4BrCl2F. The molecule has 0 saturated heterocycles. The molecule has 0 heterocycles. The maximum absolute atomic E-state index is 12.9. The van der Waals surface area contributed by atoms with Gasteiger partial charge in [-0.1, -0.05) is 11.6 Å². The fourth-order valence-corrected chi connectivity index (χ4v) is 1.75. The molecule has 4 heteroatoms. The lowest BCUT2D eigenvalue weighted by atomic mass is 10.2. The van der Waals surface area contributed by atoms with Gasteiger partial charge in [-0.25, -0.2) is 4.39 Å². The second-order valence-electron chi connectivity index (χ2n) is 1.96. The predicted molar refractivity (Wildman–Crippen MR) is 48.7 cm³/mol. The van der Waals surface area contributed by atoms with Crippen molar-refractivity contribution in [3.8, 4) is 0 Å². The van der Waals surface area contributed by atoms with Crippen LogP contribution in [0.5, 0.6) is 0 Å². The Morgan fingerprint density at radius 3 is 2.55 bits per heavy atom. The van der Waals surface area contributed by atoms with Gasteiger partial charge in [0.25, 0.3) is 0 Å². The zero-order valence-corrected chi connectivity index (χ0v) is 8.47. The molecule has 0 nitrogen and oxygen atoms in total. The first kappa shape index (κ1) is 9.30. The molecule has 1 aromatic rings. The number of benzene rings is 1. The summed E-state index contributed by atoms with van der Waals surface area (Å²) in [6, 6.07) is 2.78. The lowest BCUT2D eigenvalue weighted by molar-refractivity contribution is 0.616. The highest BCUT2D eigenvalue weighted by Gasteiger charge is 2.08. The van der Waals surface area contributed by atoms with Crippen molar-refractivity contribution in [2.24, 2.45) is 0 Å². The van der Waals surface area contributed by atoms with E-state index in [0.29, 0.717) is 15.1 Å². The number of halogens is 4. The van der Waals surface area contributed by atoms with Gasteiger partial charge in [-0.05, 0) is 28.1 Å². The van der Waals surface area contributed by atoms with Crippen LogP contribution in [0.2, 0.25) is 5.02 Å². The molecule has 0 N–H and O–H groups in total. The minimum Gasteiger partial charge on any atom is -0.207 e. The minimum atomic E-state index is -0.337. The van der Waals surface area contributed by atoms with E-state index in [9.17, 15) is 4.39 Å². The number of hydrogen-bond acceptors (Lipinski definition) is 0. The zero-order valence-electron chi connectivity index (χ0n) is 5.37. The minimum absolute atomic E-state index is 0.118. The smallest absolute Gasteiger partial charge is 0.128 e. The van der Waals surface area contributed by atoms with Crippen molar-refractivity contribution < 1.29 is 4.39 Å². The fraction of sp³-hybridized carbons (Fsp3) is 0.143. The number of hydrogen-bond donors (Lipinski definition) is 0. The number of rotatable bonds is 1. The highest BCUT2D eigenvalue weighted by atomic mass is 79.9. The first-order chi connectivity index (χ1) is 5.16. The van der Waals surface area contributed by atoms with E-state index in [0.717, 1.165) is 0 Å². The highest BCUT2D eigenvalue weighted by Crippen LogP contribution is 2.29. The summed E-state index contributed by atoms with van der Waals surface area (Å²) in [5.74, 6) is -0.219. The quantitative estimate of drug-likeness (QED) is 0.527. The first-order valence-corrected chi connectivity index (χ1v) is 4.55. The monoisotopic (exact) mass is 256 g/mol. The Morgan fingerprint density at radius 2 is 2.09 bits per heavy atom. The van der Waals surface area contributed by atoms with Gasteiger partial charge in [-0.15, -0.1) is 11.6 Å². The molecule has 0 saturated carbocycles. The molecule has 0 aliphatic carbocycles. The van der Waals surface area contributed by atoms with Crippen molar-refractivity contribution in [1.82, 2.24) is 0 Å². The molecule has 0 aliphatic rings. The van der Waals surface area contributed by atoms with E-state index in [2.05, 4.69) is 15.9 Å². The van der Waals surface area contributed by atoms with Gasteiger partial charge in [0.1, 0.15) is 5.82 Å². The Kier molecular flexibility index (Phi) is 3.16. The molecule has 0 unspecified atom stereocenters. The topological polar surface area (TPSA) is 0 Å². The van der Waals surface area contributed by atoms with Crippen LogP contribution in [0.15, 0.2) is 16.6 Å². The van der Waals surface area contributed by atoms with E-state index in [-0.39, 0.29) is 11.7 Å². The fourth-order valence-electron chi connectivity index (χ4n) is 0.692. The molecule has 0 aliphatic heterocycles. The third-order valence-corrected chi connectivity index (χ3v) is 2.99. The van der Waals surface area contributed by atoms with Crippen LogP contribution in [0.4, 0.5) is 4.39 Å². The van der Waals surface area contributed by atoms with Gasteiger partial charge in [0.15, 0.2) is 0 Å². The maximum atomic E-state index is 12.9. The van der Waals surface area contributed by atoms with Gasteiger partial charge in [0, 0.05) is 10.0 Å². The van der Waals surface area contributed by atoms with E-state index in [1.807, 2.05) is 0 Å². The van der Waals surface area contributed by atoms with Crippen LogP contribution in [0, 0.1) is 5.82 Å². The van der Waals surface area contributed by atoms with E-state index < -0.39 is 0 Å². The van der Waals surface area contributed by atoms with Crippen LogP contribution in [0.3, 0.4) is 0 Å². The van der Waals surface area contributed by atoms with E-state index in [4.69, 9.17) is 23.2 Å². The van der Waals surface area contributed by atoms with Gasteiger partial charge in [-0.3, -0.25) is 0 Å². The summed E-state index contributed by atoms with van der Waals surface area (Å²) in [5.41, 5.74) is 0.402. The van der Waals surface area contributed by atoms with Crippen LogP contribution >= 0.6 is 39.1 Å². The third kappa shape index (κ3) is 1.86. The molecule has 0 aromatic heterocycles. The van der Waals surface area contributed by atoms with Crippen molar-refractivity contribution in [3.05, 3.63) is 33.0 Å². The standard InChI is InChI=1S/C7H4BrCl2F/c8-7-4(3-9)6(11)2-1-5(7)10/h1-2H,3H2. The number of alkyl halides is 1. The Bertz CT molecular complexity index is 275. The summed E-state index contributed by atoms with van der Waals surface area (Å²) < 4.78 is 13.4. The Hall–Kier alpha value is 0.210. The summed E-state index contributed by atoms with van der Waals surface area (Å²) in [7, 11) is 0. The van der Waals surface area contributed by atoms with Crippen molar-refractivity contribution >= 4 is 39.1 Å². The molecule has 0 atom stereocenters. The summed E-state index contributed by atoms with van der Waals surface area (Å²) in [4.78, 5) is 0. The molecule has 0 fully saturated rings. The lowest BCUT2D eigenvalue weighted by Gasteiger charge is -2.02. The van der Waals surface area contributed by atoms with Crippen LogP contribution in [0.1, 0.15) is 5.56 Å². The Balaban J connectivity index is 3.29. The Labute approximate surface area is 82.4 Å². The largest absolute Gasteiger partial charge is 0.207 e. The average molecular weight is 258 g/mol. The van der Waals surface area contributed by atoms with Gasteiger partial charge in [0.05, 0.1) is 10.9 Å². The molecule has 0 bridgehead atoms. The van der Waals surface area contributed by atoms with Crippen LogP contribution in [-0.2, 0) is 5.88 Å². The molecule has 0 amide bonds. The predicted octanol–water partition coefficient (Wildman–Crippen LogP) is 3.98. The van der Waals surface area contributed by atoms with Gasteiger partial charge >= 0.3 is 0 Å². The van der Waals surface area contributed by atoms with E-state index in [1.165, 1.54) is 12.1 Å². The van der Waals surface area contributed by atoms with Crippen molar-refractivity contribution in [2.45, 2.75) is 5.88 Å². The molecule has 1 rings (SSSR count). The SMILES string of the molecule is Fc1ccc(Cl)c(Br)c1CCl. The first-order valence-electron chi connectivity index (χ1n) is 2.85. The van der Waals surface area contributed by atoms with Crippen LogP contribution in [-0.4, -0.2) is 0 Å². The highest BCUT2D eigenvalue weighted by molar-refractivity contribution is 9.10. The summed E-state index contributed by atoms with van der Waals surface area (Å²) in [6.45, 7) is 0. The van der Waals surface area contributed by atoms with Gasteiger partial charge in [0.2, 0.25) is 0 Å². The van der Waals surface area contributed by atoms with Gasteiger partial charge in [-0.2, -0.15) is 0 Å². The van der Waals surface area contributed by atoms with Gasteiger partial charge < -0.3 is 0 Å². The summed E-state index contributed by atoms with van der Waals surface area (Å²) in [5, 5.41) is 0.474. The summed E-state index contributed by atoms with van der Waals surface area (Å²) >= 11 is 14.3. The molecule has 1 aromatic carbocycles. The molecule has 0 radical (unpaired) electrons. The second kappa shape index (κ2) is 3.74. The normalized spacial score (nSPS) is 10.2. The molecule has 0 spiro atoms. The lowest BCUT2D eigenvalue weighted by Crippen LogP contribution is -1.87. The van der Waals surface area contributed by atoms with E-state index in [1.54, 1.807) is 0 Å². The Morgan fingerprint density at radius 1 is 1.45 bits per heavy atom. The average Bonchev–Trinajstić information content (AvgIpc) is 1.99. The molecule has 60 valence electrons. The van der Waals surface area contributed by atoms with Crippen LogP contribution < -0.4 is 0 Å². The molecule has 11 heavy (non-hydrogen) atoms. The van der Waals surface area contributed by atoms with Crippen LogP contribution in [0.25, 0.3) is 0 Å².